The first-order valence-electron chi connectivity index (χ1n) is 9.20. The van der Waals surface area contributed by atoms with Crippen LogP contribution in [0, 0.1) is 5.92 Å². The molecule has 24 heavy (non-hydrogen) atoms. The van der Waals surface area contributed by atoms with Crippen LogP contribution in [0.5, 0.6) is 0 Å². The van der Waals surface area contributed by atoms with Crippen LogP contribution in [0.4, 0.5) is 0 Å². The van der Waals surface area contributed by atoms with E-state index in [0.717, 1.165) is 56.2 Å². The Hall–Kier alpha value is -1.04. The first kappa shape index (κ1) is 17.8. The molecular formula is C19H29N3OS. The second-order valence-electron chi connectivity index (χ2n) is 6.75. The molecule has 3 rings (SSSR count). The number of nitrogens with zero attached hydrogens (tertiary/aromatic N) is 1. The van der Waals surface area contributed by atoms with Crippen molar-refractivity contribution in [2.24, 2.45) is 5.92 Å². The summed E-state index contributed by atoms with van der Waals surface area (Å²) in [6.45, 7) is 5.01. The molecular weight excluding hydrogens is 318 g/mol. The van der Waals surface area contributed by atoms with Crippen LogP contribution >= 0.6 is 11.8 Å². The number of carbonyl (C=O) groups is 1. The van der Waals surface area contributed by atoms with Gasteiger partial charge in [-0.3, -0.25) is 9.69 Å². The minimum absolute atomic E-state index is 0.142. The van der Waals surface area contributed by atoms with Gasteiger partial charge in [0.2, 0.25) is 5.91 Å². The summed E-state index contributed by atoms with van der Waals surface area (Å²) < 4.78 is 0. The van der Waals surface area contributed by atoms with Gasteiger partial charge in [-0.25, -0.2) is 0 Å². The van der Waals surface area contributed by atoms with Crippen LogP contribution in [0.3, 0.4) is 0 Å². The number of nitrogens with one attached hydrogen (secondary N) is 2. The summed E-state index contributed by atoms with van der Waals surface area (Å²) in [6.07, 6.45) is 3.63. The summed E-state index contributed by atoms with van der Waals surface area (Å²) in [5.41, 5.74) is 1.11. The van der Waals surface area contributed by atoms with Crippen LogP contribution in [0.1, 0.15) is 30.9 Å². The van der Waals surface area contributed by atoms with Crippen molar-refractivity contribution in [3.05, 3.63) is 35.9 Å². The van der Waals surface area contributed by atoms with E-state index >= 15 is 0 Å². The molecule has 2 unspecified atom stereocenters. The van der Waals surface area contributed by atoms with Gasteiger partial charge in [-0.15, -0.1) is 0 Å². The van der Waals surface area contributed by atoms with Crippen molar-refractivity contribution in [3.63, 3.8) is 0 Å². The Morgan fingerprint density at radius 2 is 2.08 bits per heavy atom. The van der Waals surface area contributed by atoms with E-state index in [1.807, 2.05) is 30.0 Å². The van der Waals surface area contributed by atoms with Crippen molar-refractivity contribution >= 4 is 17.7 Å². The highest BCUT2D eigenvalue weighted by Crippen LogP contribution is 2.24. The van der Waals surface area contributed by atoms with E-state index in [1.165, 1.54) is 12.8 Å². The average molecular weight is 348 g/mol. The van der Waals surface area contributed by atoms with E-state index in [4.69, 9.17) is 0 Å². The van der Waals surface area contributed by atoms with Crippen LogP contribution in [-0.4, -0.2) is 55.0 Å². The van der Waals surface area contributed by atoms with E-state index in [-0.39, 0.29) is 11.9 Å². The average Bonchev–Trinajstić information content (AvgIpc) is 2.65. The lowest BCUT2D eigenvalue weighted by Gasteiger charge is -2.33. The van der Waals surface area contributed by atoms with Crippen LogP contribution in [0.2, 0.25) is 0 Å². The number of hydrogen-bond acceptors (Lipinski definition) is 4. The Bertz CT molecular complexity index is 499. The van der Waals surface area contributed by atoms with Gasteiger partial charge in [0, 0.05) is 31.1 Å². The van der Waals surface area contributed by atoms with E-state index in [1.54, 1.807) is 0 Å². The van der Waals surface area contributed by atoms with E-state index in [0.29, 0.717) is 5.92 Å². The van der Waals surface area contributed by atoms with Crippen molar-refractivity contribution in [1.82, 2.24) is 15.5 Å². The molecule has 1 aromatic carbocycles. The molecule has 0 saturated carbocycles. The number of carbonyl (C=O) groups excluding carboxylic acids is 1. The highest BCUT2D eigenvalue weighted by Gasteiger charge is 2.28. The predicted octanol–water partition coefficient (Wildman–Crippen LogP) is 2.28. The summed E-state index contributed by atoms with van der Waals surface area (Å²) in [5.74, 6) is 3.10. The Morgan fingerprint density at radius 1 is 1.29 bits per heavy atom. The lowest BCUT2D eigenvalue weighted by Crippen LogP contribution is -2.44. The lowest BCUT2D eigenvalue weighted by molar-refractivity contribution is -0.126. The maximum atomic E-state index is 12.9. The smallest absolute Gasteiger partial charge is 0.241 e. The fourth-order valence-corrected chi connectivity index (χ4v) is 4.60. The van der Waals surface area contributed by atoms with Crippen molar-refractivity contribution < 1.29 is 4.79 Å². The summed E-state index contributed by atoms with van der Waals surface area (Å²) in [5, 5.41) is 6.66. The zero-order valence-electron chi connectivity index (χ0n) is 14.4. The van der Waals surface area contributed by atoms with Crippen LogP contribution < -0.4 is 10.6 Å². The van der Waals surface area contributed by atoms with Gasteiger partial charge in [0.15, 0.2) is 0 Å². The Balaban J connectivity index is 1.58. The molecule has 1 aromatic rings. The monoisotopic (exact) mass is 347 g/mol. The molecule has 2 aliphatic heterocycles. The third-order valence-electron chi connectivity index (χ3n) is 5.03. The molecule has 4 nitrogen and oxygen atoms in total. The van der Waals surface area contributed by atoms with Crippen molar-refractivity contribution in [1.29, 1.82) is 0 Å². The molecule has 132 valence electrons. The van der Waals surface area contributed by atoms with Gasteiger partial charge >= 0.3 is 0 Å². The number of piperidine rings is 1. The Labute approximate surface area is 149 Å². The lowest BCUT2D eigenvalue weighted by atomic mass is 9.96. The molecule has 2 aliphatic rings. The van der Waals surface area contributed by atoms with Gasteiger partial charge in [0.05, 0.1) is 0 Å². The summed E-state index contributed by atoms with van der Waals surface area (Å²) in [4.78, 5) is 15.2. The first-order chi connectivity index (χ1) is 11.8. The van der Waals surface area contributed by atoms with Crippen molar-refractivity contribution in [2.75, 3.05) is 44.2 Å². The summed E-state index contributed by atoms with van der Waals surface area (Å²) in [7, 11) is 0. The van der Waals surface area contributed by atoms with Crippen LogP contribution in [0.25, 0.3) is 0 Å². The first-order valence-corrected chi connectivity index (χ1v) is 10.4. The van der Waals surface area contributed by atoms with E-state index in [2.05, 4.69) is 27.7 Å². The third-order valence-corrected chi connectivity index (χ3v) is 5.97. The predicted molar refractivity (Wildman–Crippen MR) is 101 cm³/mol. The number of rotatable bonds is 6. The zero-order chi connectivity index (χ0) is 16.6. The number of thioether (sulfide) groups is 1. The zero-order valence-corrected chi connectivity index (χ0v) is 15.2. The highest BCUT2D eigenvalue weighted by molar-refractivity contribution is 7.99. The maximum absolute atomic E-state index is 12.9. The number of amides is 1. The minimum atomic E-state index is -0.142. The normalized spacial score (nSPS) is 23.6. The van der Waals surface area contributed by atoms with Gasteiger partial charge in [0.25, 0.3) is 0 Å². The maximum Gasteiger partial charge on any atom is 0.241 e. The fourth-order valence-electron chi connectivity index (χ4n) is 3.67. The molecule has 2 heterocycles. The van der Waals surface area contributed by atoms with E-state index in [9.17, 15) is 4.79 Å². The molecule has 1 amide bonds. The topological polar surface area (TPSA) is 44.4 Å². The van der Waals surface area contributed by atoms with Gasteiger partial charge in [-0.05, 0) is 43.8 Å². The fraction of sp³-hybridized carbons (Fsp3) is 0.632. The summed E-state index contributed by atoms with van der Waals surface area (Å²) in [6, 6.07) is 10.1. The van der Waals surface area contributed by atoms with Crippen LogP contribution in [0.15, 0.2) is 30.3 Å². The standard InChI is InChI=1S/C19H29N3OS/c23-19(21-10-8-16-5-4-9-20-15-16)18(17-6-2-1-3-7-17)22-11-13-24-14-12-22/h1-3,6-7,16,18,20H,4-5,8-15H2,(H,21,23). The molecule has 0 bridgehead atoms. The Kier molecular flexibility index (Phi) is 6.99. The molecule has 0 spiro atoms. The molecule has 0 radical (unpaired) electrons. The van der Waals surface area contributed by atoms with Gasteiger partial charge in [0.1, 0.15) is 6.04 Å². The molecule has 2 saturated heterocycles. The SMILES string of the molecule is O=C(NCCC1CCCNC1)C(c1ccccc1)N1CCSCC1. The number of benzene rings is 1. The van der Waals surface area contributed by atoms with E-state index < -0.39 is 0 Å². The van der Waals surface area contributed by atoms with Crippen molar-refractivity contribution in [3.8, 4) is 0 Å². The molecule has 0 aromatic heterocycles. The Morgan fingerprint density at radius 3 is 2.79 bits per heavy atom. The molecule has 2 N–H and O–H groups in total. The van der Waals surface area contributed by atoms with Gasteiger partial charge in [-0.1, -0.05) is 30.3 Å². The van der Waals surface area contributed by atoms with Gasteiger partial charge in [-0.2, -0.15) is 11.8 Å². The molecule has 2 fully saturated rings. The second kappa shape index (κ2) is 9.44. The van der Waals surface area contributed by atoms with Crippen LogP contribution in [-0.2, 0) is 4.79 Å². The molecule has 2 atom stereocenters. The molecule has 5 heteroatoms. The summed E-state index contributed by atoms with van der Waals surface area (Å²) >= 11 is 1.98. The number of hydrogen-bond donors (Lipinski definition) is 2. The second-order valence-corrected chi connectivity index (χ2v) is 7.98. The third kappa shape index (κ3) is 4.98. The van der Waals surface area contributed by atoms with Gasteiger partial charge < -0.3 is 10.6 Å². The largest absolute Gasteiger partial charge is 0.354 e. The molecule has 0 aliphatic carbocycles. The quantitative estimate of drug-likeness (QED) is 0.829. The highest BCUT2D eigenvalue weighted by atomic mass is 32.2. The van der Waals surface area contributed by atoms with Crippen molar-refractivity contribution in [2.45, 2.75) is 25.3 Å². The minimum Gasteiger partial charge on any atom is -0.354 e.